The largest absolute Gasteiger partial charge is 0.345 e. The minimum atomic E-state index is -0.451. The van der Waals surface area contributed by atoms with Gasteiger partial charge in [-0.3, -0.25) is 4.79 Å². The van der Waals surface area contributed by atoms with E-state index in [2.05, 4.69) is 31.4 Å². The van der Waals surface area contributed by atoms with Gasteiger partial charge in [0.2, 0.25) is 0 Å². The molecule has 5 nitrogen and oxygen atoms in total. The van der Waals surface area contributed by atoms with E-state index < -0.39 is 5.82 Å². The summed E-state index contributed by atoms with van der Waals surface area (Å²) in [4.78, 5) is 12.0. The highest BCUT2D eigenvalue weighted by Crippen LogP contribution is 2.16. The van der Waals surface area contributed by atoms with Crippen LogP contribution >= 0.6 is 15.9 Å². The minimum Gasteiger partial charge on any atom is -0.345 e. The first-order valence-electron chi connectivity index (χ1n) is 6.29. The van der Waals surface area contributed by atoms with Gasteiger partial charge in [0.1, 0.15) is 11.6 Å². The van der Waals surface area contributed by atoms with E-state index in [4.69, 9.17) is 0 Å². The second kappa shape index (κ2) is 5.32. The number of hydrogen-bond acceptors (Lipinski definition) is 3. The molecule has 1 N–H and O–H groups in total. The molecule has 0 atom stereocenters. The number of carbonyl (C=O) groups excluding carboxylic acids is 1. The van der Waals surface area contributed by atoms with Crippen LogP contribution in [0.25, 0.3) is 0 Å². The monoisotopic (exact) mass is 338 g/mol. The van der Waals surface area contributed by atoms with Crippen LogP contribution in [-0.2, 0) is 19.5 Å². The van der Waals surface area contributed by atoms with Crippen molar-refractivity contribution in [2.24, 2.45) is 0 Å². The van der Waals surface area contributed by atoms with Crippen LogP contribution in [0, 0.1) is 5.82 Å². The highest BCUT2D eigenvalue weighted by atomic mass is 79.9. The number of fused-ring (bicyclic) bond motifs is 1. The lowest BCUT2D eigenvalue weighted by Gasteiger charge is -2.06. The molecule has 0 fully saturated rings. The molecule has 1 amide bonds. The van der Waals surface area contributed by atoms with Gasteiger partial charge >= 0.3 is 0 Å². The Balaban J connectivity index is 1.70. The number of nitrogens with zero attached hydrogens (tertiary/aromatic N) is 3. The minimum absolute atomic E-state index is 0.276. The zero-order valence-corrected chi connectivity index (χ0v) is 12.2. The highest BCUT2D eigenvalue weighted by Gasteiger charge is 2.17. The standard InChI is InChI=1S/C13H12BrFN4O/c14-9-4-8(5-10(15)6-9)13(20)16-7-12-18-17-11-2-1-3-19(11)12/h4-6H,1-3,7H2,(H,16,20). The molecule has 1 aliphatic heterocycles. The Labute approximate surface area is 123 Å². The van der Waals surface area contributed by atoms with Crippen molar-refractivity contribution in [2.45, 2.75) is 25.9 Å². The maximum atomic E-state index is 13.2. The first-order valence-corrected chi connectivity index (χ1v) is 7.08. The van der Waals surface area contributed by atoms with Crippen molar-refractivity contribution >= 4 is 21.8 Å². The van der Waals surface area contributed by atoms with Crippen molar-refractivity contribution in [1.82, 2.24) is 20.1 Å². The summed E-state index contributed by atoms with van der Waals surface area (Å²) < 4.78 is 15.8. The number of hydrogen-bond donors (Lipinski definition) is 1. The predicted octanol–water partition coefficient (Wildman–Crippen LogP) is 2.06. The molecule has 0 spiro atoms. The van der Waals surface area contributed by atoms with E-state index in [0.29, 0.717) is 11.0 Å². The fourth-order valence-electron chi connectivity index (χ4n) is 2.29. The van der Waals surface area contributed by atoms with E-state index in [0.717, 1.165) is 31.0 Å². The summed E-state index contributed by atoms with van der Waals surface area (Å²) in [7, 11) is 0. The number of benzene rings is 1. The number of nitrogens with one attached hydrogen (secondary N) is 1. The Morgan fingerprint density at radius 3 is 3.05 bits per heavy atom. The fraction of sp³-hybridized carbons (Fsp3) is 0.308. The molecule has 104 valence electrons. The molecule has 1 aliphatic rings. The summed E-state index contributed by atoms with van der Waals surface area (Å²) >= 11 is 3.17. The molecule has 0 saturated carbocycles. The summed E-state index contributed by atoms with van der Waals surface area (Å²) in [6.45, 7) is 1.18. The highest BCUT2D eigenvalue weighted by molar-refractivity contribution is 9.10. The van der Waals surface area contributed by atoms with Gasteiger partial charge in [-0.05, 0) is 24.6 Å². The smallest absolute Gasteiger partial charge is 0.251 e. The average Bonchev–Trinajstić information content (AvgIpc) is 2.98. The lowest BCUT2D eigenvalue weighted by atomic mass is 10.2. The Morgan fingerprint density at radius 1 is 1.40 bits per heavy atom. The van der Waals surface area contributed by atoms with E-state index in [-0.39, 0.29) is 11.5 Å². The van der Waals surface area contributed by atoms with Crippen LogP contribution in [0.5, 0.6) is 0 Å². The third-order valence-electron chi connectivity index (χ3n) is 3.22. The Bertz CT molecular complexity index is 650. The quantitative estimate of drug-likeness (QED) is 0.931. The maximum Gasteiger partial charge on any atom is 0.251 e. The van der Waals surface area contributed by atoms with E-state index in [1.54, 1.807) is 6.07 Å². The molecule has 2 aromatic rings. The summed E-state index contributed by atoms with van der Waals surface area (Å²) in [5.41, 5.74) is 0.276. The van der Waals surface area contributed by atoms with Gasteiger partial charge in [0.15, 0.2) is 5.82 Å². The number of carbonyl (C=O) groups is 1. The predicted molar refractivity (Wildman–Crippen MR) is 73.6 cm³/mol. The van der Waals surface area contributed by atoms with Gasteiger partial charge in [-0.1, -0.05) is 15.9 Å². The van der Waals surface area contributed by atoms with Crippen molar-refractivity contribution in [3.8, 4) is 0 Å². The Morgan fingerprint density at radius 2 is 2.25 bits per heavy atom. The van der Waals surface area contributed by atoms with Gasteiger partial charge in [0.25, 0.3) is 5.91 Å². The molecule has 0 aliphatic carbocycles. The Hall–Kier alpha value is -1.76. The normalized spacial score (nSPS) is 13.3. The van der Waals surface area contributed by atoms with Gasteiger partial charge in [-0.25, -0.2) is 4.39 Å². The SMILES string of the molecule is O=C(NCc1nnc2n1CCC2)c1cc(F)cc(Br)c1. The molecule has 1 aromatic carbocycles. The van der Waals surface area contributed by atoms with Crippen molar-refractivity contribution in [2.75, 3.05) is 0 Å². The molecule has 0 saturated heterocycles. The molecule has 0 radical (unpaired) electrons. The van der Waals surface area contributed by atoms with E-state index in [9.17, 15) is 9.18 Å². The van der Waals surface area contributed by atoms with E-state index in [1.807, 2.05) is 4.57 Å². The molecule has 3 rings (SSSR count). The van der Waals surface area contributed by atoms with Gasteiger partial charge in [0.05, 0.1) is 6.54 Å². The summed E-state index contributed by atoms with van der Waals surface area (Å²) in [6, 6.07) is 4.09. The second-order valence-electron chi connectivity index (χ2n) is 4.63. The second-order valence-corrected chi connectivity index (χ2v) is 5.54. The van der Waals surface area contributed by atoms with Crippen molar-refractivity contribution in [1.29, 1.82) is 0 Å². The number of rotatable bonds is 3. The van der Waals surface area contributed by atoms with Crippen LogP contribution in [0.15, 0.2) is 22.7 Å². The molecule has 2 heterocycles. The van der Waals surface area contributed by atoms with Crippen LogP contribution in [0.2, 0.25) is 0 Å². The average molecular weight is 339 g/mol. The molecule has 20 heavy (non-hydrogen) atoms. The summed E-state index contributed by atoms with van der Waals surface area (Å²) in [5, 5.41) is 10.9. The topological polar surface area (TPSA) is 59.8 Å². The van der Waals surface area contributed by atoms with Gasteiger partial charge in [-0.2, -0.15) is 0 Å². The number of aromatic nitrogens is 3. The molecule has 0 bridgehead atoms. The van der Waals surface area contributed by atoms with Crippen molar-refractivity contribution in [3.63, 3.8) is 0 Å². The van der Waals surface area contributed by atoms with E-state index in [1.165, 1.54) is 12.1 Å². The third-order valence-corrected chi connectivity index (χ3v) is 3.68. The van der Waals surface area contributed by atoms with Crippen molar-refractivity contribution < 1.29 is 9.18 Å². The van der Waals surface area contributed by atoms with E-state index >= 15 is 0 Å². The lowest BCUT2D eigenvalue weighted by molar-refractivity contribution is 0.0949. The van der Waals surface area contributed by atoms with Crippen LogP contribution in [-0.4, -0.2) is 20.7 Å². The molecular weight excluding hydrogens is 327 g/mol. The number of aryl methyl sites for hydroxylation is 1. The molecule has 1 aromatic heterocycles. The molecular formula is C13H12BrFN4O. The third kappa shape index (κ3) is 2.58. The van der Waals surface area contributed by atoms with Crippen molar-refractivity contribution in [3.05, 3.63) is 45.7 Å². The van der Waals surface area contributed by atoms with Crippen LogP contribution in [0.1, 0.15) is 28.4 Å². The number of amides is 1. The van der Waals surface area contributed by atoms with Crippen LogP contribution in [0.3, 0.4) is 0 Å². The van der Waals surface area contributed by atoms with Gasteiger partial charge < -0.3 is 9.88 Å². The molecule has 0 unspecified atom stereocenters. The lowest BCUT2D eigenvalue weighted by Crippen LogP contribution is -2.24. The summed E-state index contributed by atoms with van der Waals surface area (Å²) in [6.07, 6.45) is 1.99. The molecule has 7 heteroatoms. The van der Waals surface area contributed by atoms with Gasteiger partial charge in [0, 0.05) is 23.0 Å². The van der Waals surface area contributed by atoms with Crippen LogP contribution in [0.4, 0.5) is 4.39 Å². The van der Waals surface area contributed by atoms with Crippen LogP contribution < -0.4 is 5.32 Å². The maximum absolute atomic E-state index is 13.2. The fourth-order valence-corrected chi connectivity index (χ4v) is 2.75. The Kier molecular flexibility index (Phi) is 3.52. The zero-order chi connectivity index (χ0) is 14.1. The zero-order valence-electron chi connectivity index (χ0n) is 10.6. The number of halogens is 2. The first kappa shape index (κ1) is 13.2. The first-order chi connectivity index (χ1) is 9.63. The van der Waals surface area contributed by atoms with Gasteiger partial charge in [-0.15, -0.1) is 10.2 Å². The summed E-state index contributed by atoms with van der Waals surface area (Å²) in [5.74, 6) is 0.914.